The van der Waals surface area contributed by atoms with Crippen LogP contribution >= 0.6 is 0 Å². The number of nitrogens with zero attached hydrogens (tertiary/aromatic N) is 2. The van der Waals surface area contributed by atoms with E-state index in [4.69, 9.17) is 0 Å². The number of carbonyl (C=O) groups is 1. The molecule has 1 aromatic carbocycles. The number of carbonyl (C=O) groups excluding carboxylic acids is 1. The van der Waals surface area contributed by atoms with Gasteiger partial charge in [0.25, 0.3) is 5.91 Å². The predicted molar refractivity (Wildman–Crippen MR) is 83.9 cm³/mol. The van der Waals surface area contributed by atoms with Gasteiger partial charge < -0.3 is 10.6 Å². The second kappa shape index (κ2) is 7.29. The maximum absolute atomic E-state index is 12.9. The number of amides is 1. The maximum Gasteiger partial charge on any atom is 0.418 e. The Balaban J connectivity index is 2.12. The van der Waals surface area contributed by atoms with E-state index in [1.807, 2.05) is 13.8 Å². The highest BCUT2D eigenvalue weighted by Crippen LogP contribution is 2.35. The summed E-state index contributed by atoms with van der Waals surface area (Å²) in [6.45, 7) is 4.41. The molecule has 0 atom stereocenters. The summed E-state index contributed by atoms with van der Waals surface area (Å²) in [5.74, 6) is 0.0345. The maximum atomic E-state index is 12.9. The van der Waals surface area contributed by atoms with Crippen molar-refractivity contribution in [1.82, 2.24) is 15.5 Å². The normalized spacial score (nSPS) is 11.4. The minimum atomic E-state index is -4.48. The van der Waals surface area contributed by atoms with Crippen LogP contribution in [-0.2, 0) is 6.18 Å². The Kier molecular flexibility index (Phi) is 5.38. The van der Waals surface area contributed by atoms with Crippen LogP contribution in [0.25, 0.3) is 0 Å². The highest BCUT2D eigenvalue weighted by atomic mass is 19.4. The molecule has 2 N–H and O–H groups in total. The number of aromatic nitrogens is 2. The largest absolute Gasteiger partial charge is 0.418 e. The number of anilines is 2. The molecule has 5 nitrogen and oxygen atoms in total. The van der Waals surface area contributed by atoms with Gasteiger partial charge in [-0.1, -0.05) is 26.0 Å². The monoisotopic (exact) mass is 338 g/mol. The molecule has 0 aliphatic heterocycles. The first kappa shape index (κ1) is 17.7. The van der Waals surface area contributed by atoms with Crippen molar-refractivity contribution in [3.8, 4) is 0 Å². The summed E-state index contributed by atoms with van der Waals surface area (Å²) in [5, 5.41) is 12.8. The Morgan fingerprint density at radius 2 is 1.83 bits per heavy atom. The number of para-hydroxylation sites is 1. The third kappa shape index (κ3) is 4.68. The topological polar surface area (TPSA) is 66.9 Å². The number of halogens is 3. The highest BCUT2D eigenvalue weighted by molar-refractivity contribution is 5.92. The number of rotatable bonds is 5. The van der Waals surface area contributed by atoms with Crippen molar-refractivity contribution >= 4 is 17.4 Å². The third-order valence-corrected chi connectivity index (χ3v) is 3.06. The fourth-order valence-corrected chi connectivity index (χ4v) is 1.88. The first-order chi connectivity index (χ1) is 11.3. The Bertz CT molecular complexity index is 699. The molecule has 0 radical (unpaired) electrons. The minimum absolute atomic E-state index is 0.102. The second-order valence-electron chi connectivity index (χ2n) is 5.58. The van der Waals surface area contributed by atoms with E-state index >= 15 is 0 Å². The Hall–Kier alpha value is -2.64. The number of alkyl halides is 3. The lowest BCUT2D eigenvalue weighted by atomic mass is 10.1. The van der Waals surface area contributed by atoms with Crippen molar-refractivity contribution in [2.75, 3.05) is 11.9 Å². The third-order valence-electron chi connectivity index (χ3n) is 3.06. The molecular formula is C16H17F3N4O. The Labute approximate surface area is 137 Å². The molecule has 0 aliphatic carbocycles. The van der Waals surface area contributed by atoms with Gasteiger partial charge >= 0.3 is 6.18 Å². The summed E-state index contributed by atoms with van der Waals surface area (Å²) in [5.41, 5.74) is -0.827. The summed E-state index contributed by atoms with van der Waals surface area (Å²) in [4.78, 5) is 11.8. The second-order valence-corrected chi connectivity index (χ2v) is 5.58. The SMILES string of the molecule is CC(C)CNC(=O)c1ccc(Nc2ccccc2C(F)(F)F)nn1. The van der Waals surface area contributed by atoms with Gasteiger partial charge in [0.1, 0.15) is 0 Å². The lowest BCUT2D eigenvalue weighted by Gasteiger charge is -2.13. The van der Waals surface area contributed by atoms with Crippen LogP contribution < -0.4 is 10.6 Å². The van der Waals surface area contributed by atoms with Crippen LogP contribution in [0.5, 0.6) is 0 Å². The van der Waals surface area contributed by atoms with Gasteiger partial charge in [0.05, 0.1) is 11.3 Å². The van der Waals surface area contributed by atoms with E-state index in [0.717, 1.165) is 6.07 Å². The summed E-state index contributed by atoms with van der Waals surface area (Å²) >= 11 is 0. The van der Waals surface area contributed by atoms with Gasteiger partial charge in [-0.05, 0) is 30.2 Å². The van der Waals surface area contributed by atoms with E-state index in [0.29, 0.717) is 12.5 Å². The smallest absolute Gasteiger partial charge is 0.350 e. The molecule has 1 heterocycles. The quantitative estimate of drug-likeness (QED) is 0.874. The first-order valence-electron chi connectivity index (χ1n) is 7.32. The van der Waals surface area contributed by atoms with Crippen molar-refractivity contribution in [3.05, 3.63) is 47.7 Å². The number of hydrogen-bond acceptors (Lipinski definition) is 4. The number of benzene rings is 1. The van der Waals surface area contributed by atoms with Crippen LogP contribution in [0.3, 0.4) is 0 Å². The summed E-state index contributed by atoms with van der Waals surface area (Å²) in [7, 11) is 0. The van der Waals surface area contributed by atoms with Gasteiger partial charge in [-0.15, -0.1) is 10.2 Å². The van der Waals surface area contributed by atoms with Gasteiger partial charge in [-0.25, -0.2) is 0 Å². The van der Waals surface area contributed by atoms with Crippen LogP contribution in [0.1, 0.15) is 29.9 Å². The van der Waals surface area contributed by atoms with Gasteiger partial charge in [0, 0.05) is 6.54 Å². The molecule has 1 amide bonds. The van der Waals surface area contributed by atoms with Crippen molar-refractivity contribution in [2.45, 2.75) is 20.0 Å². The van der Waals surface area contributed by atoms with Crippen molar-refractivity contribution < 1.29 is 18.0 Å². The minimum Gasteiger partial charge on any atom is -0.350 e. The zero-order valence-electron chi connectivity index (χ0n) is 13.2. The average molecular weight is 338 g/mol. The summed E-state index contributed by atoms with van der Waals surface area (Å²) < 4.78 is 38.8. The molecule has 0 saturated carbocycles. The van der Waals surface area contributed by atoms with Crippen LogP contribution in [0, 0.1) is 5.92 Å². The fourth-order valence-electron chi connectivity index (χ4n) is 1.88. The van der Waals surface area contributed by atoms with Crippen LogP contribution in [0.2, 0.25) is 0 Å². The zero-order valence-corrected chi connectivity index (χ0v) is 13.2. The fraction of sp³-hybridized carbons (Fsp3) is 0.312. The molecule has 1 aromatic heterocycles. The molecule has 0 fully saturated rings. The molecule has 0 spiro atoms. The molecule has 2 aromatic rings. The van der Waals surface area contributed by atoms with Gasteiger partial charge in [-0.2, -0.15) is 13.2 Å². The van der Waals surface area contributed by atoms with Gasteiger partial charge in [0.15, 0.2) is 11.5 Å². The lowest BCUT2D eigenvalue weighted by Crippen LogP contribution is -2.28. The van der Waals surface area contributed by atoms with E-state index in [-0.39, 0.29) is 23.1 Å². The van der Waals surface area contributed by atoms with Gasteiger partial charge in [-0.3, -0.25) is 4.79 Å². The molecule has 8 heteroatoms. The van der Waals surface area contributed by atoms with Crippen LogP contribution in [0.4, 0.5) is 24.7 Å². The molecule has 2 rings (SSSR count). The zero-order chi connectivity index (χ0) is 17.7. The van der Waals surface area contributed by atoms with Crippen LogP contribution in [-0.4, -0.2) is 22.6 Å². The van der Waals surface area contributed by atoms with E-state index in [9.17, 15) is 18.0 Å². The summed E-state index contributed by atoms with van der Waals surface area (Å²) in [6, 6.07) is 7.88. The van der Waals surface area contributed by atoms with Crippen molar-refractivity contribution in [1.29, 1.82) is 0 Å². The number of nitrogens with one attached hydrogen (secondary N) is 2. The molecule has 0 bridgehead atoms. The van der Waals surface area contributed by atoms with E-state index < -0.39 is 11.7 Å². The molecule has 24 heavy (non-hydrogen) atoms. The molecular weight excluding hydrogens is 321 g/mol. The first-order valence-corrected chi connectivity index (χ1v) is 7.32. The highest BCUT2D eigenvalue weighted by Gasteiger charge is 2.33. The Morgan fingerprint density at radius 1 is 1.12 bits per heavy atom. The lowest BCUT2D eigenvalue weighted by molar-refractivity contribution is -0.136. The predicted octanol–water partition coefficient (Wildman–Crippen LogP) is 3.62. The van der Waals surface area contributed by atoms with Gasteiger partial charge in [0.2, 0.25) is 0 Å². The average Bonchev–Trinajstić information content (AvgIpc) is 2.53. The molecule has 128 valence electrons. The van der Waals surface area contributed by atoms with Crippen molar-refractivity contribution in [3.63, 3.8) is 0 Å². The molecule has 0 aliphatic rings. The van der Waals surface area contributed by atoms with E-state index in [1.165, 1.54) is 30.3 Å². The van der Waals surface area contributed by atoms with E-state index in [1.54, 1.807) is 0 Å². The molecule has 0 saturated heterocycles. The van der Waals surface area contributed by atoms with Crippen molar-refractivity contribution in [2.24, 2.45) is 5.92 Å². The molecule has 0 unspecified atom stereocenters. The van der Waals surface area contributed by atoms with E-state index in [2.05, 4.69) is 20.8 Å². The Morgan fingerprint density at radius 3 is 2.42 bits per heavy atom. The van der Waals surface area contributed by atoms with Crippen LogP contribution in [0.15, 0.2) is 36.4 Å². The standard InChI is InChI=1S/C16H17F3N4O/c1-10(2)9-20-15(24)13-7-8-14(23-22-13)21-12-6-4-3-5-11(12)16(17,18)19/h3-8,10H,9H2,1-2H3,(H,20,24)(H,21,23). The summed E-state index contributed by atoms with van der Waals surface area (Å²) in [6.07, 6.45) is -4.48. The number of hydrogen-bond donors (Lipinski definition) is 2.